The van der Waals surface area contributed by atoms with Crippen molar-refractivity contribution >= 4 is 5.91 Å². The molecule has 0 aromatic heterocycles. The Bertz CT molecular complexity index is 382. The molecule has 100 valence electrons. The summed E-state index contributed by atoms with van der Waals surface area (Å²) in [5.41, 5.74) is 6.04. The number of benzene rings is 1. The van der Waals surface area contributed by atoms with Crippen molar-refractivity contribution < 1.29 is 18.3 Å². The fourth-order valence-corrected chi connectivity index (χ4v) is 1.26. The maximum Gasteiger partial charge on any atom is 0.387 e. The van der Waals surface area contributed by atoms with Gasteiger partial charge in [0.1, 0.15) is 5.75 Å². The minimum atomic E-state index is -2.87. The highest BCUT2D eigenvalue weighted by molar-refractivity contribution is 5.94. The number of halogens is 2. The van der Waals surface area contributed by atoms with Crippen LogP contribution in [-0.2, 0) is 0 Å². The maximum atomic E-state index is 11.9. The van der Waals surface area contributed by atoms with E-state index in [2.05, 4.69) is 10.1 Å². The highest BCUT2D eigenvalue weighted by atomic mass is 19.3. The van der Waals surface area contributed by atoms with E-state index in [9.17, 15) is 13.6 Å². The van der Waals surface area contributed by atoms with Crippen LogP contribution in [0.4, 0.5) is 8.78 Å². The molecule has 4 nitrogen and oxygen atoms in total. The van der Waals surface area contributed by atoms with Gasteiger partial charge >= 0.3 is 6.61 Å². The second-order valence-corrected chi connectivity index (χ2v) is 3.78. The van der Waals surface area contributed by atoms with E-state index in [0.29, 0.717) is 12.1 Å². The third-order valence-corrected chi connectivity index (χ3v) is 2.39. The van der Waals surface area contributed by atoms with E-state index >= 15 is 0 Å². The summed E-state index contributed by atoms with van der Waals surface area (Å²) >= 11 is 0. The average Bonchev–Trinajstić information content (AvgIpc) is 2.35. The van der Waals surface area contributed by atoms with Gasteiger partial charge in [-0.2, -0.15) is 8.78 Å². The molecule has 18 heavy (non-hydrogen) atoms. The van der Waals surface area contributed by atoms with Gasteiger partial charge in [-0.3, -0.25) is 4.79 Å². The van der Waals surface area contributed by atoms with Crippen molar-refractivity contribution in [3.8, 4) is 5.75 Å². The van der Waals surface area contributed by atoms with E-state index in [1.165, 1.54) is 24.3 Å². The fraction of sp³-hybridized carbons (Fsp3) is 0.417. The SMILES string of the molecule is CCC(N)CNC(=O)c1ccc(OC(F)F)cc1. The molecule has 0 bridgehead atoms. The van der Waals surface area contributed by atoms with Crippen LogP contribution < -0.4 is 15.8 Å². The molecule has 0 saturated carbocycles. The molecule has 3 N–H and O–H groups in total. The third kappa shape index (κ3) is 4.67. The monoisotopic (exact) mass is 258 g/mol. The van der Waals surface area contributed by atoms with E-state index in [1.807, 2.05) is 6.92 Å². The van der Waals surface area contributed by atoms with Crippen LogP contribution in [-0.4, -0.2) is 25.1 Å². The number of nitrogens with two attached hydrogens (primary N) is 1. The van der Waals surface area contributed by atoms with E-state index in [-0.39, 0.29) is 17.7 Å². The summed E-state index contributed by atoms with van der Waals surface area (Å²) in [6.07, 6.45) is 0.765. The number of hydrogen-bond acceptors (Lipinski definition) is 3. The van der Waals surface area contributed by atoms with Gasteiger partial charge in [0.05, 0.1) is 0 Å². The summed E-state index contributed by atoms with van der Waals surface area (Å²) in [7, 11) is 0. The van der Waals surface area contributed by atoms with Gasteiger partial charge in [-0.25, -0.2) is 0 Å². The van der Waals surface area contributed by atoms with Crippen molar-refractivity contribution in [1.29, 1.82) is 0 Å². The highest BCUT2D eigenvalue weighted by Crippen LogP contribution is 2.14. The molecule has 1 amide bonds. The Balaban J connectivity index is 2.53. The molecule has 1 aromatic rings. The van der Waals surface area contributed by atoms with E-state index < -0.39 is 6.61 Å². The molecule has 6 heteroatoms. The second-order valence-electron chi connectivity index (χ2n) is 3.78. The average molecular weight is 258 g/mol. The largest absolute Gasteiger partial charge is 0.435 e. The van der Waals surface area contributed by atoms with Gasteiger partial charge in [-0.15, -0.1) is 0 Å². The molecule has 0 aliphatic rings. The topological polar surface area (TPSA) is 64.3 Å². The Morgan fingerprint density at radius 1 is 1.39 bits per heavy atom. The van der Waals surface area contributed by atoms with Gasteiger partial charge in [-0.05, 0) is 30.7 Å². The molecule has 0 aliphatic heterocycles. The summed E-state index contributed by atoms with van der Waals surface area (Å²) in [5, 5.41) is 2.66. The van der Waals surface area contributed by atoms with Crippen molar-refractivity contribution in [1.82, 2.24) is 5.32 Å². The summed E-state index contributed by atoms with van der Waals surface area (Å²) in [4.78, 5) is 11.6. The van der Waals surface area contributed by atoms with E-state index in [0.717, 1.165) is 6.42 Å². The van der Waals surface area contributed by atoms with Crippen LogP contribution in [0.15, 0.2) is 24.3 Å². The Morgan fingerprint density at radius 2 is 2.00 bits per heavy atom. The van der Waals surface area contributed by atoms with Crippen molar-refractivity contribution in [3.05, 3.63) is 29.8 Å². The molecule has 0 saturated heterocycles. The van der Waals surface area contributed by atoms with Gasteiger partial charge in [0.25, 0.3) is 5.91 Å². The van der Waals surface area contributed by atoms with Crippen molar-refractivity contribution in [3.63, 3.8) is 0 Å². The van der Waals surface area contributed by atoms with Gasteiger partial charge in [0.2, 0.25) is 0 Å². The standard InChI is InChI=1S/C12H16F2N2O2/c1-2-9(15)7-16-11(17)8-3-5-10(6-4-8)18-12(13)14/h3-6,9,12H,2,7,15H2,1H3,(H,16,17). The zero-order valence-corrected chi connectivity index (χ0v) is 10.0. The first-order valence-corrected chi connectivity index (χ1v) is 5.61. The number of carbonyl (C=O) groups excluding carboxylic acids is 1. The first-order valence-electron chi connectivity index (χ1n) is 5.61. The molecule has 1 aromatic carbocycles. The van der Waals surface area contributed by atoms with Crippen molar-refractivity contribution in [2.24, 2.45) is 5.73 Å². The lowest BCUT2D eigenvalue weighted by Crippen LogP contribution is -2.36. The number of ether oxygens (including phenoxy) is 1. The zero-order valence-electron chi connectivity index (χ0n) is 10.0. The lowest BCUT2D eigenvalue weighted by molar-refractivity contribution is -0.0498. The number of hydrogen-bond donors (Lipinski definition) is 2. The maximum absolute atomic E-state index is 11.9. The number of rotatable bonds is 6. The number of carbonyl (C=O) groups is 1. The molecule has 1 rings (SSSR count). The number of alkyl halides is 2. The molecule has 1 atom stereocenters. The predicted octanol–water partition coefficient (Wildman–Crippen LogP) is 1.76. The summed E-state index contributed by atoms with van der Waals surface area (Å²) in [6.45, 7) is -0.565. The van der Waals surface area contributed by atoms with Crippen LogP contribution >= 0.6 is 0 Å². The molecule has 0 radical (unpaired) electrons. The molecule has 1 unspecified atom stereocenters. The van der Waals surface area contributed by atoms with Crippen LogP contribution in [0.5, 0.6) is 5.75 Å². The van der Waals surface area contributed by atoms with Gasteiger partial charge in [0, 0.05) is 18.2 Å². The number of amides is 1. The van der Waals surface area contributed by atoms with Crippen LogP contribution in [0, 0.1) is 0 Å². The molecule has 0 heterocycles. The van der Waals surface area contributed by atoms with Crippen molar-refractivity contribution in [2.45, 2.75) is 26.0 Å². The van der Waals surface area contributed by atoms with Crippen LogP contribution in [0.25, 0.3) is 0 Å². The van der Waals surface area contributed by atoms with E-state index in [4.69, 9.17) is 5.73 Å². The Morgan fingerprint density at radius 3 is 2.50 bits per heavy atom. The normalized spacial score (nSPS) is 12.3. The third-order valence-electron chi connectivity index (χ3n) is 2.39. The molecule has 0 aliphatic carbocycles. The van der Waals surface area contributed by atoms with Crippen LogP contribution in [0.2, 0.25) is 0 Å². The fourth-order valence-electron chi connectivity index (χ4n) is 1.26. The van der Waals surface area contributed by atoms with Crippen LogP contribution in [0.3, 0.4) is 0 Å². The quantitative estimate of drug-likeness (QED) is 0.817. The molecule has 0 spiro atoms. The summed E-state index contributed by atoms with van der Waals surface area (Å²) in [5.74, 6) is -0.269. The lowest BCUT2D eigenvalue weighted by Gasteiger charge is -2.10. The minimum absolute atomic E-state index is 0.0202. The highest BCUT2D eigenvalue weighted by Gasteiger charge is 2.08. The first kappa shape index (κ1) is 14.4. The van der Waals surface area contributed by atoms with Gasteiger partial charge in [-0.1, -0.05) is 6.92 Å². The van der Waals surface area contributed by atoms with Gasteiger partial charge in [0.15, 0.2) is 0 Å². The second kappa shape index (κ2) is 6.90. The lowest BCUT2D eigenvalue weighted by atomic mass is 10.2. The summed E-state index contributed by atoms with van der Waals surface area (Å²) in [6, 6.07) is 5.40. The molecular weight excluding hydrogens is 242 g/mol. The van der Waals surface area contributed by atoms with Gasteiger partial charge < -0.3 is 15.8 Å². The molecule has 0 fully saturated rings. The van der Waals surface area contributed by atoms with Crippen LogP contribution in [0.1, 0.15) is 23.7 Å². The smallest absolute Gasteiger partial charge is 0.387 e. The molecular formula is C12H16F2N2O2. The Labute approximate surface area is 104 Å². The summed E-state index contributed by atoms with van der Waals surface area (Å²) < 4.78 is 28.0. The Kier molecular flexibility index (Phi) is 5.51. The van der Waals surface area contributed by atoms with E-state index in [1.54, 1.807) is 0 Å². The number of nitrogens with one attached hydrogen (secondary N) is 1. The predicted molar refractivity (Wildman–Crippen MR) is 63.7 cm³/mol. The first-order chi connectivity index (χ1) is 8.52. The van der Waals surface area contributed by atoms with Crippen molar-refractivity contribution in [2.75, 3.05) is 6.54 Å². The Hall–Kier alpha value is -1.69. The zero-order chi connectivity index (χ0) is 13.5. The minimum Gasteiger partial charge on any atom is -0.435 e.